The fourth-order valence-corrected chi connectivity index (χ4v) is 3.39. The molecule has 1 aliphatic heterocycles. The van der Waals surface area contributed by atoms with Crippen molar-refractivity contribution in [3.8, 4) is 6.07 Å². The fourth-order valence-electron chi connectivity index (χ4n) is 2.37. The third-order valence-corrected chi connectivity index (χ3v) is 9.43. The van der Waals surface area contributed by atoms with Gasteiger partial charge in [0.1, 0.15) is 0 Å². The summed E-state index contributed by atoms with van der Waals surface area (Å²) >= 11 is 0. The van der Waals surface area contributed by atoms with Crippen molar-refractivity contribution in [1.82, 2.24) is 0 Å². The summed E-state index contributed by atoms with van der Waals surface area (Å²) < 4.78 is 18.4. The first-order valence-corrected chi connectivity index (χ1v) is 11.7. The lowest BCUT2D eigenvalue weighted by molar-refractivity contribution is -0.124. The second-order valence-electron chi connectivity index (χ2n) is 7.85. The molecule has 1 aliphatic rings. The summed E-state index contributed by atoms with van der Waals surface area (Å²) in [6, 6.07) is 2.05. The molecule has 136 valence electrons. The largest absolute Gasteiger partial charge is 0.414 e. The summed E-state index contributed by atoms with van der Waals surface area (Å²) in [5, 5.41) is 9.00. The molecule has 0 bridgehead atoms. The van der Waals surface area contributed by atoms with Crippen molar-refractivity contribution in [2.24, 2.45) is 0 Å². The van der Waals surface area contributed by atoms with E-state index in [4.69, 9.17) is 19.2 Å². The van der Waals surface area contributed by atoms with Crippen LogP contribution in [0.25, 0.3) is 0 Å². The van der Waals surface area contributed by atoms with Crippen LogP contribution in [0, 0.1) is 11.3 Å². The Morgan fingerprint density at radius 1 is 1.42 bits per heavy atom. The second kappa shape index (κ2) is 9.52. The highest BCUT2D eigenvalue weighted by Gasteiger charge is 2.38. The zero-order valence-corrected chi connectivity index (χ0v) is 16.9. The monoisotopic (exact) mass is 351 g/mol. The Labute approximate surface area is 148 Å². The highest BCUT2D eigenvalue weighted by atomic mass is 28.4. The normalized spacial score (nSPS) is 23.8. The third kappa shape index (κ3) is 6.52. The van der Waals surface area contributed by atoms with Gasteiger partial charge in [-0.2, -0.15) is 5.26 Å². The smallest absolute Gasteiger partial charge is 0.192 e. The van der Waals surface area contributed by atoms with Crippen molar-refractivity contribution in [2.45, 2.75) is 76.5 Å². The Bertz CT molecular complexity index is 462. The Morgan fingerprint density at radius 2 is 2.12 bits per heavy atom. The van der Waals surface area contributed by atoms with Gasteiger partial charge in [-0.1, -0.05) is 26.8 Å². The molecule has 24 heavy (non-hydrogen) atoms. The first kappa shape index (κ1) is 21.1. The van der Waals surface area contributed by atoms with Crippen LogP contribution in [0.3, 0.4) is 0 Å². The van der Waals surface area contributed by atoms with Crippen molar-refractivity contribution >= 4 is 8.32 Å². The predicted octanol–water partition coefficient (Wildman–Crippen LogP) is 4.60. The molecule has 1 saturated heterocycles. The molecule has 0 aromatic rings. The van der Waals surface area contributed by atoms with Crippen LogP contribution in [0.15, 0.2) is 24.8 Å². The summed E-state index contributed by atoms with van der Waals surface area (Å²) in [4.78, 5) is 0. The average molecular weight is 352 g/mol. The molecule has 0 amide bonds. The van der Waals surface area contributed by atoms with E-state index >= 15 is 0 Å². The van der Waals surface area contributed by atoms with Crippen molar-refractivity contribution in [3.05, 3.63) is 24.8 Å². The number of hydrogen-bond acceptors (Lipinski definition) is 4. The molecule has 5 heteroatoms. The van der Waals surface area contributed by atoms with Gasteiger partial charge in [-0.25, -0.2) is 0 Å². The zero-order chi connectivity index (χ0) is 18.2. The molecule has 4 nitrogen and oxygen atoms in total. The fraction of sp³-hybridized carbons (Fsp3) is 0.737. The molecule has 0 spiro atoms. The number of hydrogen-bond donors (Lipinski definition) is 0. The molecule has 0 unspecified atom stereocenters. The van der Waals surface area contributed by atoms with Gasteiger partial charge in [0.15, 0.2) is 8.32 Å². The minimum absolute atomic E-state index is 0.0214. The van der Waals surface area contributed by atoms with Gasteiger partial charge in [0.2, 0.25) is 0 Å². The topological polar surface area (TPSA) is 51.5 Å². The molecule has 0 aliphatic carbocycles. The van der Waals surface area contributed by atoms with E-state index in [1.807, 2.05) is 12.1 Å². The van der Waals surface area contributed by atoms with Crippen LogP contribution in [0.4, 0.5) is 0 Å². The van der Waals surface area contributed by atoms with Gasteiger partial charge in [0, 0.05) is 12.7 Å². The van der Waals surface area contributed by atoms with Crippen LogP contribution < -0.4 is 0 Å². The van der Waals surface area contributed by atoms with Gasteiger partial charge in [-0.15, -0.1) is 6.58 Å². The molecule has 0 saturated carbocycles. The summed E-state index contributed by atoms with van der Waals surface area (Å²) in [7, 11) is -1.85. The molecule has 1 heterocycles. The molecule has 0 aromatic heterocycles. The maximum atomic E-state index is 8.85. The molecular formula is C19H33NO3Si. The second-order valence-corrected chi connectivity index (χ2v) is 12.7. The van der Waals surface area contributed by atoms with Gasteiger partial charge in [0.25, 0.3) is 0 Å². The highest BCUT2D eigenvalue weighted by Crippen LogP contribution is 2.36. The van der Waals surface area contributed by atoms with Crippen LogP contribution in [-0.4, -0.2) is 39.8 Å². The average Bonchev–Trinajstić information content (AvgIpc) is 2.51. The van der Waals surface area contributed by atoms with E-state index in [2.05, 4.69) is 40.4 Å². The van der Waals surface area contributed by atoms with E-state index in [0.29, 0.717) is 6.61 Å². The Hall–Kier alpha value is -0.933. The Balaban J connectivity index is 2.73. The van der Waals surface area contributed by atoms with Gasteiger partial charge < -0.3 is 13.9 Å². The number of allylic oxidation sites excluding steroid dienone is 1. The number of nitriles is 1. The minimum Gasteiger partial charge on any atom is -0.414 e. The lowest BCUT2D eigenvalue weighted by atomic mass is 10.0. The van der Waals surface area contributed by atoms with Crippen LogP contribution in [-0.2, 0) is 13.9 Å². The SMILES string of the molecule is C=CC[C@H]1OCCC[C@@H]1O[C@H](/C=C/C#N)CO[Si](C)(C)C(C)(C)C. The van der Waals surface area contributed by atoms with Crippen LogP contribution in [0.5, 0.6) is 0 Å². The number of rotatable bonds is 8. The zero-order valence-electron chi connectivity index (χ0n) is 15.9. The quantitative estimate of drug-likeness (QED) is 0.364. The number of ether oxygens (including phenoxy) is 2. The lowest BCUT2D eigenvalue weighted by Gasteiger charge is -2.38. The molecule has 0 radical (unpaired) electrons. The van der Waals surface area contributed by atoms with Gasteiger partial charge in [0.05, 0.1) is 31.0 Å². The van der Waals surface area contributed by atoms with Crippen molar-refractivity contribution in [2.75, 3.05) is 13.2 Å². The van der Waals surface area contributed by atoms with E-state index in [9.17, 15) is 0 Å². The van der Waals surface area contributed by atoms with Gasteiger partial charge in [-0.05, 0) is 43.5 Å². The molecule has 1 fully saturated rings. The summed E-state index contributed by atoms with van der Waals surface area (Å²) in [5.74, 6) is 0. The van der Waals surface area contributed by atoms with Crippen LogP contribution in [0.1, 0.15) is 40.0 Å². The van der Waals surface area contributed by atoms with Gasteiger partial charge in [-0.3, -0.25) is 0 Å². The Morgan fingerprint density at radius 3 is 2.71 bits per heavy atom. The Kier molecular flexibility index (Phi) is 8.38. The summed E-state index contributed by atoms with van der Waals surface area (Å²) in [6.45, 7) is 16.2. The van der Waals surface area contributed by atoms with Crippen molar-refractivity contribution in [3.63, 3.8) is 0 Å². The van der Waals surface area contributed by atoms with Crippen molar-refractivity contribution < 1.29 is 13.9 Å². The standard InChI is InChI=1S/C19H33NO3Si/c1-7-10-17-18(12-9-14-21-17)23-16(11-8-13-20)15-22-24(5,6)19(2,3)4/h7-8,11,16-18H,1,9-10,12,14-15H2,2-6H3/b11-8+/t16-,17-,18+/m1/s1. The van der Waals surface area contributed by atoms with E-state index in [0.717, 1.165) is 25.9 Å². The maximum Gasteiger partial charge on any atom is 0.192 e. The molecule has 0 N–H and O–H groups in total. The molecular weight excluding hydrogens is 318 g/mol. The highest BCUT2D eigenvalue weighted by molar-refractivity contribution is 6.74. The van der Waals surface area contributed by atoms with E-state index < -0.39 is 8.32 Å². The van der Waals surface area contributed by atoms with Crippen LogP contribution in [0.2, 0.25) is 18.1 Å². The summed E-state index contributed by atoms with van der Waals surface area (Å²) in [5.41, 5.74) is 0. The molecule has 1 rings (SSSR count). The first-order chi connectivity index (χ1) is 11.2. The first-order valence-electron chi connectivity index (χ1n) is 8.79. The van der Waals surface area contributed by atoms with E-state index in [-0.39, 0.29) is 23.4 Å². The van der Waals surface area contributed by atoms with Crippen LogP contribution >= 0.6 is 0 Å². The third-order valence-electron chi connectivity index (χ3n) is 4.93. The molecule has 3 atom stereocenters. The summed E-state index contributed by atoms with van der Waals surface area (Å²) in [6.07, 6.45) is 7.73. The minimum atomic E-state index is -1.85. The molecule has 0 aromatic carbocycles. The lowest BCUT2D eigenvalue weighted by Crippen LogP contribution is -2.44. The number of nitrogens with zero attached hydrogens (tertiary/aromatic N) is 1. The van der Waals surface area contributed by atoms with Crippen molar-refractivity contribution in [1.29, 1.82) is 5.26 Å². The van der Waals surface area contributed by atoms with E-state index in [1.54, 1.807) is 6.08 Å². The predicted molar refractivity (Wildman–Crippen MR) is 100 cm³/mol. The van der Waals surface area contributed by atoms with Gasteiger partial charge >= 0.3 is 0 Å². The van der Waals surface area contributed by atoms with E-state index in [1.165, 1.54) is 6.08 Å². The maximum absolute atomic E-state index is 8.85.